The first-order valence-corrected chi connectivity index (χ1v) is 8.13. The zero-order valence-corrected chi connectivity index (χ0v) is 11.8. The SMILES string of the molecule is NC(CCCC1CCCO1)c1cc2c(s1)CCC2. The third-order valence-electron chi connectivity index (χ3n) is 4.20. The number of aryl methyl sites for hydroxylation is 2. The van der Waals surface area contributed by atoms with Crippen molar-refractivity contribution in [3.05, 3.63) is 21.4 Å². The molecule has 1 aliphatic heterocycles. The van der Waals surface area contributed by atoms with Gasteiger partial charge in [0, 0.05) is 22.4 Å². The average molecular weight is 265 g/mol. The van der Waals surface area contributed by atoms with Crippen LogP contribution in [0.25, 0.3) is 0 Å². The fourth-order valence-corrected chi connectivity index (χ4v) is 4.41. The van der Waals surface area contributed by atoms with Gasteiger partial charge >= 0.3 is 0 Å². The molecule has 3 heteroatoms. The molecule has 0 bridgehead atoms. The third kappa shape index (κ3) is 2.79. The Kier molecular flexibility index (Phi) is 4.02. The summed E-state index contributed by atoms with van der Waals surface area (Å²) < 4.78 is 5.65. The number of nitrogens with two attached hydrogens (primary N) is 1. The zero-order chi connectivity index (χ0) is 12.4. The molecule has 3 rings (SSSR count). The van der Waals surface area contributed by atoms with E-state index in [4.69, 9.17) is 10.5 Å². The van der Waals surface area contributed by atoms with Crippen LogP contribution in [-0.2, 0) is 17.6 Å². The lowest BCUT2D eigenvalue weighted by molar-refractivity contribution is 0.101. The summed E-state index contributed by atoms with van der Waals surface area (Å²) >= 11 is 1.96. The molecule has 1 fully saturated rings. The number of rotatable bonds is 5. The van der Waals surface area contributed by atoms with E-state index in [0.717, 1.165) is 13.0 Å². The molecule has 2 unspecified atom stereocenters. The van der Waals surface area contributed by atoms with Gasteiger partial charge < -0.3 is 10.5 Å². The van der Waals surface area contributed by atoms with E-state index in [1.165, 1.54) is 49.8 Å². The van der Waals surface area contributed by atoms with Crippen LogP contribution in [0.3, 0.4) is 0 Å². The summed E-state index contributed by atoms with van der Waals surface area (Å²) in [6.07, 6.45) is 10.4. The lowest BCUT2D eigenvalue weighted by Gasteiger charge is -2.12. The predicted octanol–water partition coefficient (Wildman–Crippen LogP) is 3.59. The molecule has 0 aromatic carbocycles. The van der Waals surface area contributed by atoms with Crippen molar-refractivity contribution < 1.29 is 4.74 Å². The van der Waals surface area contributed by atoms with Gasteiger partial charge in [0.2, 0.25) is 0 Å². The second kappa shape index (κ2) is 5.72. The Morgan fingerprint density at radius 3 is 3.11 bits per heavy atom. The minimum atomic E-state index is 0.252. The summed E-state index contributed by atoms with van der Waals surface area (Å²) in [5, 5.41) is 0. The molecule has 1 saturated heterocycles. The molecular formula is C15H23NOS. The van der Waals surface area contributed by atoms with Crippen molar-refractivity contribution in [3.8, 4) is 0 Å². The van der Waals surface area contributed by atoms with Crippen LogP contribution < -0.4 is 5.73 Å². The van der Waals surface area contributed by atoms with Crippen molar-refractivity contribution >= 4 is 11.3 Å². The number of hydrogen-bond donors (Lipinski definition) is 1. The van der Waals surface area contributed by atoms with Gasteiger partial charge in [-0.25, -0.2) is 0 Å². The van der Waals surface area contributed by atoms with Gasteiger partial charge in [-0.1, -0.05) is 0 Å². The van der Waals surface area contributed by atoms with Crippen LogP contribution in [0.15, 0.2) is 6.07 Å². The van der Waals surface area contributed by atoms with Crippen molar-refractivity contribution in [1.29, 1.82) is 0 Å². The van der Waals surface area contributed by atoms with Crippen LogP contribution in [0.5, 0.6) is 0 Å². The molecule has 2 atom stereocenters. The van der Waals surface area contributed by atoms with Gasteiger partial charge in [-0.2, -0.15) is 0 Å². The Hall–Kier alpha value is -0.380. The first kappa shape index (κ1) is 12.6. The molecule has 100 valence electrons. The minimum absolute atomic E-state index is 0.252. The fraction of sp³-hybridized carbons (Fsp3) is 0.733. The van der Waals surface area contributed by atoms with E-state index in [9.17, 15) is 0 Å². The van der Waals surface area contributed by atoms with Crippen LogP contribution in [0.4, 0.5) is 0 Å². The van der Waals surface area contributed by atoms with E-state index in [1.54, 1.807) is 10.4 Å². The Bertz CT molecular complexity index is 374. The highest BCUT2D eigenvalue weighted by Gasteiger charge is 2.19. The van der Waals surface area contributed by atoms with Gasteiger partial charge in [0.1, 0.15) is 0 Å². The Morgan fingerprint density at radius 2 is 2.33 bits per heavy atom. The van der Waals surface area contributed by atoms with Gasteiger partial charge in [-0.05, 0) is 63.0 Å². The summed E-state index contributed by atoms with van der Waals surface area (Å²) in [6, 6.07) is 2.62. The highest BCUT2D eigenvalue weighted by atomic mass is 32.1. The molecular weight excluding hydrogens is 242 g/mol. The standard InChI is InChI=1S/C15H23NOS/c16-13(7-2-5-12-6-3-9-17-12)15-10-11-4-1-8-14(11)18-15/h10,12-13H,1-9,16H2. The minimum Gasteiger partial charge on any atom is -0.378 e. The Balaban J connectivity index is 1.46. The number of fused-ring (bicyclic) bond motifs is 1. The Labute approximate surface area is 114 Å². The summed E-state index contributed by atoms with van der Waals surface area (Å²) in [5.74, 6) is 0. The van der Waals surface area contributed by atoms with Crippen molar-refractivity contribution in [2.45, 2.75) is 63.5 Å². The van der Waals surface area contributed by atoms with Crippen molar-refractivity contribution in [1.82, 2.24) is 0 Å². The summed E-state index contributed by atoms with van der Waals surface area (Å²) in [6.45, 7) is 0.967. The van der Waals surface area contributed by atoms with Gasteiger partial charge in [0.15, 0.2) is 0 Å². The van der Waals surface area contributed by atoms with Crippen LogP contribution in [0.2, 0.25) is 0 Å². The fourth-order valence-electron chi connectivity index (χ4n) is 3.11. The molecule has 0 saturated carbocycles. The second-order valence-electron chi connectivity index (χ2n) is 5.62. The van der Waals surface area contributed by atoms with Crippen molar-refractivity contribution in [3.63, 3.8) is 0 Å². The topological polar surface area (TPSA) is 35.2 Å². The summed E-state index contributed by atoms with van der Waals surface area (Å²) in [7, 11) is 0. The van der Waals surface area contributed by atoms with Crippen LogP contribution in [-0.4, -0.2) is 12.7 Å². The molecule has 18 heavy (non-hydrogen) atoms. The maximum absolute atomic E-state index is 6.31. The van der Waals surface area contributed by atoms with E-state index in [0.29, 0.717) is 6.10 Å². The van der Waals surface area contributed by atoms with E-state index < -0.39 is 0 Å². The Morgan fingerprint density at radius 1 is 1.39 bits per heavy atom. The van der Waals surface area contributed by atoms with Crippen LogP contribution in [0.1, 0.15) is 59.9 Å². The molecule has 1 aromatic heterocycles. The lowest BCUT2D eigenvalue weighted by Crippen LogP contribution is -2.11. The molecule has 2 N–H and O–H groups in total. The highest BCUT2D eigenvalue weighted by molar-refractivity contribution is 7.12. The van der Waals surface area contributed by atoms with Gasteiger partial charge in [-0.15, -0.1) is 11.3 Å². The number of hydrogen-bond acceptors (Lipinski definition) is 3. The molecule has 0 amide bonds. The average Bonchev–Trinajstić information content (AvgIpc) is 3.04. The quantitative estimate of drug-likeness (QED) is 0.883. The van der Waals surface area contributed by atoms with Crippen molar-refractivity contribution in [2.75, 3.05) is 6.61 Å². The summed E-state index contributed by atoms with van der Waals surface area (Å²) in [5.41, 5.74) is 7.88. The molecule has 2 heterocycles. The zero-order valence-electron chi connectivity index (χ0n) is 11.0. The molecule has 0 spiro atoms. The van der Waals surface area contributed by atoms with Crippen LogP contribution in [0, 0.1) is 0 Å². The first-order valence-electron chi connectivity index (χ1n) is 7.31. The smallest absolute Gasteiger partial charge is 0.0576 e. The maximum Gasteiger partial charge on any atom is 0.0576 e. The van der Waals surface area contributed by atoms with Crippen molar-refractivity contribution in [2.24, 2.45) is 5.73 Å². The van der Waals surface area contributed by atoms with Gasteiger partial charge in [-0.3, -0.25) is 0 Å². The van der Waals surface area contributed by atoms with Gasteiger partial charge in [0.25, 0.3) is 0 Å². The molecule has 1 aliphatic carbocycles. The predicted molar refractivity (Wildman–Crippen MR) is 76.1 cm³/mol. The lowest BCUT2D eigenvalue weighted by atomic mass is 10.0. The van der Waals surface area contributed by atoms with E-state index in [2.05, 4.69) is 6.07 Å². The number of ether oxygens (including phenoxy) is 1. The van der Waals surface area contributed by atoms with E-state index >= 15 is 0 Å². The maximum atomic E-state index is 6.31. The summed E-state index contributed by atoms with van der Waals surface area (Å²) in [4.78, 5) is 3.01. The highest BCUT2D eigenvalue weighted by Crippen LogP contribution is 2.34. The second-order valence-corrected chi connectivity index (χ2v) is 6.79. The largest absolute Gasteiger partial charge is 0.378 e. The molecule has 1 aromatic rings. The first-order chi connectivity index (χ1) is 8.83. The normalized spacial score (nSPS) is 24.4. The van der Waals surface area contributed by atoms with E-state index in [-0.39, 0.29) is 6.04 Å². The molecule has 0 radical (unpaired) electrons. The molecule has 2 nitrogen and oxygen atoms in total. The molecule has 2 aliphatic rings. The monoisotopic (exact) mass is 265 g/mol. The van der Waals surface area contributed by atoms with E-state index in [1.807, 2.05) is 11.3 Å². The van der Waals surface area contributed by atoms with Crippen LogP contribution >= 0.6 is 11.3 Å². The van der Waals surface area contributed by atoms with Gasteiger partial charge in [0.05, 0.1) is 6.10 Å². The third-order valence-corrected chi connectivity index (χ3v) is 5.57. The number of thiophene rings is 1.